The molecule has 1 N–H and O–H groups in total. The van der Waals surface area contributed by atoms with Gasteiger partial charge in [-0.2, -0.15) is 0 Å². The molecule has 118 valence electrons. The van der Waals surface area contributed by atoms with Crippen LogP contribution in [0.1, 0.15) is 36.2 Å². The van der Waals surface area contributed by atoms with Gasteiger partial charge in [0.1, 0.15) is 0 Å². The Hall–Kier alpha value is -2.37. The van der Waals surface area contributed by atoms with Crippen LogP contribution in [0.25, 0.3) is 0 Å². The van der Waals surface area contributed by atoms with Crippen LogP contribution in [-0.2, 0) is 25.5 Å². The van der Waals surface area contributed by atoms with Crippen LogP contribution in [0.3, 0.4) is 0 Å². The largest absolute Gasteiger partial charge is 0.463 e. The molecule has 0 aliphatic carbocycles. The van der Waals surface area contributed by atoms with Gasteiger partial charge in [0.05, 0.1) is 18.1 Å². The lowest BCUT2D eigenvalue weighted by Gasteiger charge is -2.23. The lowest BCUT2D eigenvalue weighted by atomic mass is 9.98. The summed E-state index contributed by atoms with van der Waals surface area (Å²) in [6.45, 7) is 3.67. The molecule has 6 heteroatoms. The zero-order valence-corrected chi connectivity index (χ0v) is 12.6. The number of fused-ring (bicyclic) bond motifs is 1. The molecular weight excluding hydrogens is 286 g/mol. The van der Waals surface area contributed by atoms with E-state index >= 15 is 0 Å². The predicted octanol–water partition coefficient (Wildman–Crippen LogP) is 1.23. The number of nitrogens with one attached hydrogen (secondary N) is 1. The van der Waals surface area contributed by atoms with Gasteiger partial charge < -0.3 is 14.8 Å². The third-order valence-electron chi connectivity index (χ3n) is 3.18. The van der Waals surface area contributed by atoms with Crippen LogP contribution in [0, 0.1) is 0 Å². The van der Waals surface area contributed by atoms with E-state index in [4.69, 9.17) is 9.47 Å². The minimum atomic E-state index is -0.858. The molecule has 1 amide bonds. The van der Waals surface area contributed by atoms with Crippen molar-refractivity contribution < 1.29 is 23.9 Å². The molecule has 1 aromatic carbocycles. The van der Waals surface area contributed by atoms with Crippen LogP contribution < -0.4 is 5.32 Å². The van der Waals surface area contributed by atoms with Crippen LogP contribution in [-0.4, -0.2) is 36.6 Å². The van der Waals surface area contributed by atoms with Crippen LogP contribution in [0.4, 0.5) is 0 Å². The van der Waals surface area contributed by atoms with Crippen LogP contribution >= 0.6 is 0 Å². The van der Waals surface area contributed by atoms with E-state index in [1.807, 2.05) is 6.07 Å². The van der Waals surface area contributed by atoms with Gasteiger partial charge in [0, 0.05) is 13.0 Å². The highest BCUT2D eigenvalue weighted by atomic mass is 16.6. The normalized spacial score (nSPS) is 16.7. The molecule has 1 atom stereocenters. The van der Waals surface area contributed by atoms with Crippen LogP contribution in [0.2, 0.25) is 0 Å². The number of amides is 1. The first kappa shape index (κ1) is 16.0. The van der Waals surface area contributed by atoms with E-state index in [0.29, 0.717) is 12.0 Å². The van der Waals surface area contributed by atoms with Gasteiger partial charge in [-0.05, 0) is 25.5 Å². The Labute approximate surface area is 128 Å². The Morgan fingerprint density at radius 3 is 2.82 bits per heavy atom. The van der Waals surface area contributed by atoms with Crippen LogP contribution in [0.5, 0.6) is 0 Å². The van der Waals surface area contributed by atoms with Crippen molar-refractivity contribution >= 4 is 17.8 Å². The first-order valence-corrected chi connectivity index (χ1v) is 7.23. The third kappa shape index (κ3) is 4.07. The smallest absolute Gasteiger partial charge is 0.339 e. The SMILES string of the molecule is CC(C)OC(=O)CCNC(=O)[C@H]1Cc2ccccc2C(=O)O1. The minimum absolute atomic E-state index is 0.0845. The molecule has 0 bridgehead atoms. The monoisotopic (exact) mass is 305 g/mol. The van der Waals surface area contributed by atoms with Crippen molar-refractivity contribution in [3.63, 3.8) is 0 Å². The van der Waals surface area contributed by atoms with Gasteiger partial charge in [-0.15, -0.1) is 0 Å². The van der Waals surface area contributed by atoms with Crippen molar-refractivity contribution in [2.45, 2.75) is 38.9 Å². The first-order valence-electron chi connectivity index (χ1n) is 7.23. The van der Waals surface area contributed by atoms with Crippen molar-refractivity contribution in [2.24, 2.45) is 0 Å². The summed E-state index contributed by atoms with van der Waals surface area (Å²) in [4.78, 5) is 35.2. The lowest BCUT2D eigenvalue weighted by Crippen LogP contribution is -2.42. The van der Waals surface area contributed by atoms with E-state index in [1.54, 1.807) is 32.0 Å². The van der Waals surface area contributed by atoms with Gasteiger partial charge in [0.25, 0.3) is 5.91 Å². The summed E-state index contributed by atoms with van der Waals surface area (Å²) >= 11 is 0. The van der Waals surface area contributed by atoms with E-state index < -0.39 is 18.0 Å². The number of esters is 2. The van der Waals surface area contributed by atoms with Crippen molar-refractivity contribution in [3.05, 3.63) is 35.4 Å². The van der Waals surface area contributed by atoms with E-state index in [-0.39, 0.29) is 25.0 Å². The highest BCUT2D eigenvalue weighted by Crippen LogP contribution is 2.20. The molecule has 0 radical (unpaired) electrons. The second kappa shape index (κ2) is 7.06. The fourth-order valence-corrected chi connectivity index (χ4v) is 2.20. The zero-order chi connectivity index (χ0) is 16.1. The predicted molar refractivity (Wildman–Crippen MR) is 78.2 cm³/mol. The molecule has 1 aliphatic heterocycles. The number of hydrogen-bond acceptors (Lipinski definition) is 5. The molecule has 0 aromatic heterocycles. The highest BCUT2D eigenvalue weighted by molar-refractivity contribution is 5.95. The number of cyclic esters (lactones) is 1. The van der Waals surface area contributed by atoms with Crippen molar-refractivity contribution in [1.29, 1.82) is 0 Å². The average Bonchev–Trinajstić information content (AvgIpc) is 2.46. The molecule has 1 aromatic rings. The van der Waals surface area contributed by atoms with Crippen molar-refractivity contribution in [1.82, 2.24) is 5.32 Å². The van der Waals surface area contributed by atoms with Gasteiger partial charge in [-0.3, -0.25) is 9.59 Å². The lowest BCUT2D eigenvalue weighted by molar-refractivity contribution is -0.147. The summed E-state index contributed by atoms with van der Waals surface area (Å²) in [6, 6.07) is 7.04. The Morgan fingerprint density at radius 1 is 1.36 bits per heavy atom. The fraction of sp³-hybridized carbons (Fsp3) is 0.438. The number of rotatable bonds is 5. The summed E-state index contributed by atoms with van der Waals surface area (Å²) in [5.74, 6) is -1.28. The van der Waals surface area contributed by atoms with E-state index in [9.17, 15) is 14.4 Å². The van der Waals surface area contributed by atoms with Gasteiger partial charge in [-0.25, -0.2) is 4.79 Å². The Morgan fingerprint density at radius 2 is 2.09 bits per heavy atom. The standard InChI is InChI=1S/C16H19NO5/c1-10(2)21-14(18)7-8-17-15(19)13-9-11-5-3-4-6-12(11)16(20)22-13/h3-6,10,13H,7-9H2,1-2H3,(H,17,19)/t13-/m1/s1. The third-order valence-corrected chi connectivity index (χ3v) is 3.18. The summed E-state index contributed by atoms with van der Waals surface area (Å²) in [7, 11) is 0. The molecule has 0 saturated heterocycles. The molecular formula is C16H19NO5. The average molecular weight is 305 g/mol. The van der Waals surface area contributed by atoms with Gasteiger partial charge in [0.2, 0.25) is 0 Å². The Bertz CT molecular complexity index is 582. The first-order chi connectivity index (χ1) is 10.5. The number of hydrogen-bond donors (Lipinski definition) is 1. The van der Waals surface area contributed by atoms with Crippen LogP contribution in [0.15, 0.2) is 24.3 Å². The quantitative estimate of drug-likeness (QED) is 0.827. The molecule has 0 spiro atoms. The zero-order valence-electron chi connectivity index (χ0n) is 12.6. The summed E-state index contributed by atoms with van der Waals surface area (Å²) in [5, 5.41) is 2.59. The summed E-state index contributed by atoms with van der Waals surface area (Å²) in [5.41, 5.74) is 1.28. The Kier molecular flexibility index (Phi) is 5.14. The number of carbonyl (C=O) groups excluding carboxylic acids is 3. The van der Waals surface area contributed by atoms with E-state index in [0.717, 1.165) is 5.56 Å². The highest BCUT2D eigenvalue weighted by Gasteiger charge is 2.30. The molecule has 0 fully saturated rings. The van der Waals surface area contributed by atoms with Crippen molar-refractivity contribution in [3.8, 4) is 0 Å². The molecule has 1 heterocycles. The minimum Gasteiger partial charge on any atom is -0.463 e. The topological polar surface area (TPSA) is 81.7 Å². The van der Waals surface area contributed by atoms with E-state index in [2.05, 4.69) is 5.32 Å². The van der Waals surface area contributed by atoms with Gasteiger partial charge in [0.15, 0.2) is 6.10 Å². The molecule has 6 nitrogen and oxygen atoms in total. The molecule has 22 heavy (non-hydrogen) atoms. The number of benzene rings is 1. The molecule has 2 rings (SSSR count). The molecule has 1 aliphatic rings. The number of carbonyl (C=O) groups is 3. The maximum Gasteiger partial charge on any atom is 0.339 e. The maximum atomic E-state index is 12.0. The molecule has 0 saturated carbocycles. The van der Waals surface area contributed by atoms with Gasteiger partial charge in [-0.1, -0.05) is 18.2 Å². The second-order valence-electron chi connectivity index (χ2n) is 5.33. The van der Waals surface area contributed by atoms with Gasteiger partial charge >= 0.3 is 11.9 Å². The number of ether oxygens (including phenoxy) is 2. The Balaban J connectivity index is 1.84. The summed E-state index contributed by atoms with van der Waals surface area (Å²) in [6.07, 6.45) is -0.617. The fourth-order valence-electron chi connectivity index (χ4n) is 2.20. The maximum absolute atomic E-state index is 12.0. The van der Waals surface area contributed by atoms with E-state index in [1.165, 1.54) is 0 Å². The summed E-state index contributed by atoms with van der Waals surface area (Å²) < 4.78 is 10.1. The molecule has 0 unspecified atom stereocenters. The second-order valence-corrected chi connectivity index (χ2v) is 5.33. The van der Waals surface area contributed by atoms with Crippen molar-refractivity contribution in [2.75, 3.05) is 6.54 Å².